The first-order valence-corrected chi connectivity index (χ1v) is 5.88. The Hall–Kier alpha value is -1.83. The van der Waals surface area contributed by atoms with Crippen molar-refractivity contribution >= 4 is 16.6 Å². The molecule has 0 saturated heterocycles. The highest BCUT2D eigenvalue weighted by molar-refractivity contribution is 5.93. The number of ketones is 1. The fourth-order valence-electron chi connectivity index (χ4n) is 2.35. The number of fused-ring (bicyclic) bond motifs is 1. The molecular formula is C15H14O2. The molecule has 1 aliphatic carbocycles. The minimum atomic E-state index is 0.140. The van der Waals surface area contributed by atoms with Gasteiger partial charge >= 0.3 is 0 Å². The van der Waals surface area contributed by atoms with Gasteiger partial charge in [0.2, 0.25) is 0 Å². The maximum absolute atomic E-state index is 11.4. The quantitative estimate of drug-likeness (QED) is 0.785. The molecule has 3 rings (SSSR count). The summed E-state index contributed by atoms with van der Waals surface area (Å²) in [6.45, 7) is 0. The van der Waals surface area contributed by atoms with Crippen molar-refractivity contribution in [3.8, 4) is 5.75 Å². The lowest BCUT2D eigenvalue weighted by atomic mass is 9.78. The molecule has 0 heterocycles. The van der Waals surface area contributed by atoms with Gasteiger partial charge in [-0.25, -0.2) is 0 Å². The van der Waals surface area contributed by atoms with Crippen LogP contribution in [-0.2, 0) is 4.79 Å². The SMILES string of the molecule is COc1ccc2cc(C3CCC3=O)ccc2c1. The number of methoxy groups -OCH3 is 1. The summed E-state index contributed by atoms with van der Waals surface area (Å²) < 4.78 is 5.20. The second kappa shape index (κ2) is 3.88. The summed E-state index contributed by atoms with van der Waals surface area (Å²) in [5, 5.41) is 2.32. The fourth-order valence-corrected chi connectivity index (χ4v) is 2.35. The third-order valence-corrected chi connectivity index (χ3v) is 3.54. The fraction of sp³-hybridized carbons (Fsp3) is 0.267. The number of hydrogen-bond acceptors (Lipinski definition) is 2. The number of carbonyl (C=O) groups excluding carboxylic acids is 1. The summed E-state index contributed by atoms with van der Waals surface area (Å²) >= 11 is 0. The highest BCUT2D eigenvalue weighted by Crippen LogP contribution is 2.34. The third kappa shape index (κ3) is 1.70. The first-order chi connectivity index (χ1) is 8.28. The van der Waals surface area contributed by atoms with Crippen LogP contribution in [0.2, 0.25) is 0 Å². The van der Waals surface area contributed by atoms with Crippen LogP contribution in [0.5, 0.6) is 5.75 Å². The Kier molecular flexibility index (Phi) is 2.36. The Bertz CT molecular complexity index is 586. The van der Waals surface area contributed by atoms with Crippen LogP contribution in [0.4, 0.5) is 0 Å². The highest BCUT2D eigenvalue weighted by atomic mass is 16.5. The van der Waals surface area contributed by atoms with E-state index in [1.807, 2.05) is 18.2 Å². The molecule has 1 aliphatic rings. The molecule has 0 N–H and O–H groups in total. The number of Topliss-reactive ketones (excluding diaryl/α,β-unsaturated/α-hetero) is 1. The van der Waals surface area contributed by atoms with Gasteiger partial charge in [0.1, 0.15) is 11.5 Å². The summed E-state index contributed by atoms with van der Waals surface area (Å²) in [6, 6.07) is 12.3. The molecule has 17 heavy (non-hydrogen) atoms. The molecule has 0 spiro atoms. The Morgan fingerprint density at radius 1 is 1.12 bits per heavy atom. The Balaban J connectivity index is 2.04. The maximum atomic E-state index is 11.4. The molecule has 1 saturated carbocycles. The van der Waals surface area contributed by atoms with E-state index in [0.717, 1.165) is 29.5 Å². The average Bonchev–Trinajstić information content (AvgIpc) is 2.36. The van der Waals surface area contributed by atoms with Crippen LogP contribution in [-0.4, -0.2) is 12.9 Å². The first kappa shape index (κ1) is 10.3. The largest absolute Gasteiger partial charge is 0.497 e. The Morgan fingerprint density at radius 2 is 1.88 bits per heavy atom. The second-order valence-corrected chi connectivity index (χ2v) is 4.53. The van der Waals surface area contributed by atoms with E-state index in [1.54, 1.807) is 7.11 Å². The first-order valence-electron chi connectivity index (χ1n) is 5.88. The summed E-state index contributed by atoms with van der Waals surface area (Å²) in [5.74, 6) is 1.38. The zero-order valence-electron chi connectivity index (χ0n) is 9.77. The van der Waals surface area contributed by atoms with E-state index in [4.69, 9.17) is 4.74 Å². The average molecular weight is 226 g/mol. The summed E-state index contributed by atoms with van der Waals surface area (Å²) in [4.78, 5) is 11.4. The predicted octanol–water partition coefficient (Wildman–Crippen LogP) is 3.29. The molecule has 0 radical (unpaired) electrons. The van der Waals surface area contributed by atoms with E-state index in [9.17, 15) is 4.79 Å². The molecule has 1 fully saturated rings. The lowest BCUT2D eigenvalue weighted by molar-refractivity contribution is -0.125. The van der Waals surface area contributed by atoms with Crippen molar-refractivity contribution in [2.75, 3.05) is 7.11 Å². The molecule has 2 aromatic carbocycles. The molecule has 0 aromatic heterocycles. The highest BCUT2D eigenvalue weighted by Gasteiger charge is 2.29. The van der Waals surface area contributed by atoms with Gasteiger partial charge in [0, 0.05) is 12.3 Å². The summed E-state index contributed by atoms with van der Waals surface area (Å²) in [5.41, 5.74) is 1.15. The molecule has 1 unspecified atom stereocenters. The van der Waals surface area contributed by atoms with Crippen molar-refractivity contribution in [1.29, 1.82) is 0 Å². The minimum Gasteiger partial charge on any atom is -0.497 e. The molecule has 1 atom stereocenters. The zero-order chi connectivity index (χ0) is 11.8. The molecule has 2 aromatic rings. The Morgan fingerprint density at radius 3 is 2.53 bits per heavy atom. The molecule has 0 bridgehead atoms. The second-order valence-electron chi connectivity index (χ2n) is 4.53. The minimum absolute atomic E-state index is 0.140. The number of ether oxygens (including phenoxy) is 1. The van der Waals surface area contributed by atoms with Crippen LogP contribution in [0, 0.1) is 0 Å². The number of benzene rings is 2. The number of rotatable bonds is 2. The predicted molar refractivity (Wildman–Crippen MR) is 67.5 cm³/mol. The van der Waals surface area contributed by atoms with E-state index >= 15 is 0 Å². The van der Waals surface area contributed by atoms with Crippen molar-refractivity contribution in [3.63, 3.8) is 0 Å². The Labute approximate surface area is 100 Å². The smallest absolute Gasteiger partial charge is 0.140 e. The van der Waals surface area contributed by atoms with Crippen molar-refractivity contribution < 1.29 is 9.53 Å². The van der Waals surface area contributed by atoms with Gasteiger partial charge in [0.05, 0.1) is 7.11 Å². The molecule has 0 amide bonds. The van der Waals surface area contributed by atoms with Gasteiger partial charge in [0.25, 0.3) is 0 Å². The number of hydrogen-bond donors (Lipinski definition) is 0. The van der Waals surface area contributed by atoms with Gasteiger partial charge in [-0.05, 0) is 34.9 Å². The molecular weight excluding hydrogens is 212 g/mol. The molecule has 2 heteroatoms. The van der Waals surface area contributed by atoms with Gasteiger partial charge in [-0.2, -0.15) is 0 Å². The normalized spacial score (nSPS) is 19.1. The van der Waals surface area contributed by atoms with Crippen LogP contribution < -0.4 is 4.74 Å². The third-order valence-electron chi connectivity index (χ3n) is 3.54. The van der Waals surface area contributed by atoms with Crippen molar-refractivity contribution in [1.82, 2.24) is 0 Å². The summed E-state index contributed by atoms with van der Waals surface area (Å²) in [6.07, 6.45) is 1.74. The van der Waals surface area contributed by atoms with Gasteiger partial charge < -0.3 is 4.74 Å². The molecule has 2 nitrogen and oxygen atoms in total. The zero-order valence-corrected chi connectivity index (χ0v) is 9.77. The van der Waals surface area contributed by atoms with Gasteiger partial charge in [-0.15, -0.1) is 0 Å². The van der Waals surface area contributed by atoms with Crippen LogP contribution in [0.25, 0.3) is 10.8 Å². The van der Waals surface area contributed by atoms with E-state index in [2.05, 4.69) is 18.2 Å². The molecule has 86 valence electrons. The monoisotopic (exact) mass is 226 g/mol. The van der Waals surface area contributed by atoms with Crippen LogP contribution >= 0.6 is 0 Å². The van der Waals surface area contributed by atoms with Crippen molar-refractivity contribution in [2.24, 2.45) is 0 Å². The van der Waals surface area contributed by atoms with E-state index < -0.39 is 0 Å². The van der Waals surface area contributed by atoms with Gasteiger partial charge in [-0.3, -0.25) is 4.79 Å². The van der Waals surface area contributed by atoms with E-state index in [-0.39, 0.29) is 5.92 Å². The summed E-state index contributed by atoms with van der Waals surface area (Å²) in [7, 11) is 1.67. The van der Waals surface area contributed by atoms with Gasteiger partial charge in [-0.1, -0.05) is 24.3 Å². The van der Waals surface area contributed by atoms with Crippen LogP contribution in [0.3, 0.4) is 0 Å². The van der Waals surface area contributed by atoms with E-state index in [1.165, 1.54) is 5.39 Å². The topological polar surface area (TPSA) is 26.3 Å². The molecule has 0 aliphatic heterocycles. The maximum Gasteiger partial charge on any atom is 0.140 e. The van der Waals surface area contributed by atoms with E-state index in [0.29, 0.717) is 5.78 Å². The lowest BCUT2D eigenvalue weighted by Crippen LogP contribution is -2.22. The van der Waals surface area contributed by atoms with Crippen LogP contribution in [0.15, 0.2) is 36.4 Å². The van der Waals surface area contributed by atoms with Gasteiger partial charge in [0.15, 0.2) is 0 Å². The lowest BCUT2D eigenvalue weighted by Gasteiger charge is -2.24. The van der Waals surface area contributed by atoms with Crippen molar-refractivity contribution in [2.45, 2.75) is 18.8 Å². The van der Waals surface area contributed by atoms with Crippen LogP contribution in [0.1, 0.15) is 24.3 Å². The standard InChI is InChI=1S/C15H14O2/c1-17-13-5-4-10-8-12(3-2-11(10)9-13)14-6-7-15(14)16/h2-5,8-9,14H,6-7H2,1H3. The van der Waals surface area contributed by atoms with Crippen molar-refractivity contribution in [3.05, 3.63) is 42.0 Å². The number of carbonyl (C=O) groups is 1.